The molecule has 0 bridgehead atoms. The van der Waals surface area contributed by atoms with Crippen LogP contribution in [0, 0.1) is 0 Å². The van der Waals surface area contributed by atoms with E-state index in [1.165, 1.54) is 11.3 Å². The van der Waals surface area contributed by atoms with Crippen molar-refractivity contribution in [2.24, 2.45) is 10.1 Å². The van der Waals surface area contributed by atoms with Gasteiger partial charge in [0.1, 0.15) is 11.5 Å². The lowest BCUT2D eigenvalue weighted by atomic mass is 10.1. The molecule has 0 saturated carbocycles. The zero-order valence-electron chi connectivity index (χ0n) is 18.0. The lowest BCUT2D eigenvalue weighted by Crippen LogP contribution is -2.13. The zero-order valence-corrected chi connectivity index (χ0v) is 18.8. The Morgan fingerprint density at radius 2 is 1.81 bits per heavy atom. The Bertz CT molecular complexity index is 1150. The van der Waals surface area contributed by atoms with Crippen molar-refractivity contribution < 1.29 is 18.9 Å². The first-order valence-electron chi connectivity index (χ1n) is 9.46. The summed E-state index contributed by atoms with van der Waals surface area (Å²) in [6.07, 6.45) is 3.47. The van der Waals surface area contributed by atoms with E-state index >= 15 is 0 Å². The quantitative estimate of drug-likeness (QED) is 0.370. The molecule has 162 valence electrons. The third-order valence-corrected chi connectivity index (χ3v) is 5.33. The Labute approximate surface area is 185 Å². The minimum Gasteiger partial charge on any atom is -0.497 e. The average molecular weight is 440 g/mol. The summed E-state index contributed by atoms with van der Waals surface area (Å²) in [7, 11) is 6.46. The number of rotatable bonds is 9. The molecule has 3 aromatic rings. The van der Waals surface area contributed by atoms with Crippen LogP contribution in [0.15, 0.2) is 64.5 Å². The number of thiazole rings is 1. The summed E-state index contributed by atoms with van der Waals surface area (Å²) < 4.78 is 23.6. The van der Waals surface area contributed by atoms with Crippen molar-refractivity contribution in [2.45, 2.75) is 0 Å². The van der Waals surface area contributed by atoms with Gasteiger partial charge in [0, 0.05) is 22.6 Å². The molecule has 0 N–H and O–H groups in total. The first-order valence-corrected chi connectivity index (χ1v) is 10.3. The van der Waals surface area contributed by atoms with Crippen LogP contribution >= 0.6 is 11.3 Å². The molecule has 2 aromatic carbocycles. The largest absolute Gasteiger partial charge is 0.497 e. The molecular weight excluding hydrogens is 414 g/mol. The SMILES string of the molecule is C=CCN=c1scc(-c2ccc(OC)cc2OC)n1N=Cc1cccc(OC)c1OC. The highest BCUT2D eigenvalue weighted by Gasteiger charge is 2.14. The second-order valence-electron chi connectivity index (χ2n) is 6.24. The fraction of sp³-hybridized carbons (Fsp3) is 0.217. The fourth-order valence-corrected chi connectivity index (χ4v) is 3.83. The average Bonchev–Trinajstić information content (AvgIpc) is 3.22. The Hall–Kier alpha value is -3.52. The van der Waals surface area contributed by atoms with Crippen molar-refractivity contribution in [3.8, 4) is 34.3 Å². The van der Waals surface area contributed by atoms with Gasteiger partial charge in [0.2, 0.25) is 4.80 Å². The maximum atomic E-state index is 5.59. The van der Waals surface area contributed by atoms with E-state index in [4.69, 9.17) is 24.0 Å². The molecule has 0 saturated heterocycles. The third kappa shape index (κ3) is 4.80. The number of nitrogens with zero attached hydrogens (tertiary/aromatic N) is 3. The summed E-state index contributed by atoms with van der Waals surface area (Å²) in [5.74, 6) is 2.63. The van der Waals surface area contributed by atoms with Crippen LogP contribution in [0.2, 0.25) is 0 Å². The van der Waals surface area contributed by atoms with Crippen LogP contribution in [0.3, 0.4) is 0 Å². The molecule has 1 aromatic heterocycles. The van der Waals surface area contributed by atoms with Gasteiger partial charge < -0.3 is 18.9 Å². The van der Waals surface area contributed by atoms with Gasteiger partial charge in [-0.3, -0.25) is 4.99 Å². The van der Waals surface area contributed by atoms with Crippen LogP contribution in [0.5, 0.6) is 23.0 Å². The number of methoxy groups -OCH3 is 4. The Morgan fingerprint density at radius 1 is 1.00 bits per heavy atom. The van der Waals surface area contributed by atoms with E-state index in [1.54, 1.807) is 45.4 Å². The highest BCUT2D eigenvalue weighted by atomic mass is 32.1. The van der Waals surface area contributed by atoms with E-state index in [0.29, 0.717) is 29.5 Å². The molecule has 1 heterocycles. The highest BCUT2D eigenvalue weighted by molar-refractivity contribution is 7.07. The minimum absolute atomic E-state index is 0.484. The number of hydrogen-bond donors (Lipinski definition) is 0. The maximum Gasteiger partial charge on any atom is 0.206 e. The maximum absolute atomic E-state index is 5.59. The molecule has 7 nitrogen and oxygen atoms in total. The first kappa shape index (κ1) is 22.2. The van der Waals surface area contributed by atoms with Gasteiger partial charge >= 0.3 is 0 Å². The highest BCUT2D eigenvalue weighted by Crippen LogP contribution is 2.34. The molecule has 0 fully saturated rings. The van der Waals surface area contributed by atoms with Crippen LogP contribution < -0.4 is 23.7 Å². The monoisotopic (exact) mass is 439 g/mol. The predicted octanol–water partition coefficient (Wildman–Crippen LogP) is 4.22. The number of aromatic nitrogens is 1. The summed E-state index contributed by atoms with van der Waals surface area (Å²) in [5.41, 5.74) is 2.49. The Morgan fingerprint density at radius 3 is 2.48 bits per heavy atom. The van der Waals surface area contributed by atoms with Gasteiger partial charge in [-0.15, -0.1) is 17.9 Å². The fourth-order valence-electron chi connectivity index (χ4n) is 2.99. The van der Waals surface area contributed by atoms with E-state index < -0.39 is 0 Å². The number of benzene rings is 2. The van der Waals surface area contributed by atoms with Gasteiger partial charge in [-0.2, -0.15) is 5.10 Å². The van der Waals surface area contributed by atoms with E-state index in [1.807, 2.05) is 41.8 Å². The van der Waals surface area contributed by atoms with Gasteiger partial charge in [-0.05, 0) is 24.3 Å². The van der Waals surface area contributed by atoms with Crippen LogP contribution in [0.25, 0.3) is 11.3 Å². The van der Waals surface area contributed by atoms with Crippen LogP contribution in [-0.2, 0) is 0 Å². The van der Waals surface area contributed by atoms with Crippen molar-refractivity contribution in [2.75, 3.05) is 35.0 Å². The lowest BCUT2D eigenvalue weighted by Gasteiger charge is -2.11. The van der Waals surface area contributed by atoms with E-state index in [0.717, 1.165) is 21.6 Å². The molecule has 3 rings (SSSR count). The second kappa shape index (κ2) is 10.5. The van der Waals surface area contributed by atoms with E-state index in [2.05, 4.69) is 11.6 Å². The first-order chi connectivity index (χ1) is 15.2. The number of hydrogen-bond acceptors (Lipinski definition) is 7. The summed E-state index contributed by atoms with van der Waals surface area (Å²) in [5, 5.41) is 6.71. The summed E-state index contributed by atoms with van der Waals surface area (Å²) >= 11 is 1.48. The van der Waals surface area contributed by atoms with Crippen molar-refractivity contribution in [3.63, 3.8) is 0 Å². The topological polar surface area (TPSA) is 66.6 Å². The predicted molar refractivity (Wildman–Crippen MR) is 124 cm³/mol. The normalized spacial score (nSPS) is 11.5. The van der Waals surface area contributed by atoms with Crippen molar-refractivity contribution in [1.29, 1.82) is 0 Å². The third-order valence-electron chi connectivity index (χ3n) is 4.47. The summed E-state index contributed by atoms with van der Waals surface area (Å²) in [6.45, 7) is 4.23. The van der Waals surface area contributed by atoms with Crippen molar-refractivity contribution in [3.05, 3.63) is 64.8 Å². The van der Waals surface area contributed by atoms with Crippen LogP contribution in [0.4, 0.5) is 0 Å². The molecule has 0 aliphatic rings. The minimum atomic E-state index is 0.484. The Kier molecular flexibility index (Phi) is 7.50. The van der Waals surface area contributed by atoms with E-state index in [9.17, 15) is 0 Å². The van der Waals surface area contributed by atoms with Crippen molar-refractivity contribution >= 4 is 17.6 Å². The number of para-hydroxylation sites is 1. The molecule has 0 spiro atoms. The molecule has 0 atom stereocenters. The second-order valence-corrected chi connectivity index (χ2v) is 7.07. The molecular formula is C23H25N3O4S. The van der Waals surface area contributed by atoms with Gasteiger partial charge in [0.15, 0.2) is 11.5 Å². The van der Waals surface area contributed by atoms with Gasteiger partial charge in [-0.25, -0.2) is 4.68 Å². The lowest BCUT2D eigenvalue weighted by molar-refractivity contribution is 0.354. The molecule has 0 unspecified atom stereocenters. The Balaban J connectivity index is 2.16. The van der Waals surface area contributed by atoms with Gasteiger partial charge in [0.25, 0.3) is 0 Å². The molecule has 31 heavy (non-hydrogen) atoms. The zero-order chi connectivity index (χ0) is 22.2. The van der Waals surface area contributed by atoms with Gasteiger partial charge in [-0.1, -0.05) is 12.1 Å². The van der Waals surface area contributed by atoms with Crippen molar-refractivity contribution in [1.82, 2.24) is 4.68 Å². The standard InChI is InChI=1S/C23H25N3O4S/c1-6-12-24-23-26(25-14-16-8-7-9-20(28-3)22(16)30-5)19(15-31-23)18-11-10-17(27-2)13-21(18)29-4/h6-11,13-15H,1,12H2,2-5H3. The summed E-state index contributed by atoms with van der Waals surface area (Å²) in [4.78, 5) is 5.30. The smallest absolute Gasteiger partial charge is 0.206 e. The molecule has 8 heteroatoms. The van der Waals surface area contributed by atoms with Crippen LogP contribution in [-0.4, -0.2) is 45.9 Å². The molecule has 0 amide bonds. The van der Waals surface area contributed by atoms with E-state index in [-0.39, 0.29) is 0 Å². The molecule has 0 radical (unpaired) electrons. The molecule has 0 aliphatic heterocycles. The van der Waals surface area contributed by atoms with Crippen LogP contribution in [0.1, 0.15) is 5.56 Å². The van der Waals surface area contributed by atoms with Gasteiger partial charge in [0.05, 0.1) is 46.9 Å². The summed E-state index contributed by atoms with van der Waals surface area (Å²) in [6, 6.07) is 11.3. The molecule has 0 aliphatic carbocycles. The number of ether oxygens (including phenoxy) is 4.